The summed E-state index contributed by atoms with van der Waals surface area (Å²) >= 11 is 5.78. The SMILES string of the molecule is O=S(=O)(c1cccc(Cl)c1F)N1CCN(C(c2ccccc2)c2ccc(F)cc2)CC1. The van der Waals surface area contributed by atoms with Crippen molar-refractivity contribution in [2.24, 2.45) is 0 Å². The first-order valence-corrected chi connectivity index (χ1v) is 11.7. The molecule has 8 heteroatoms. The summed E-state index contributed by atoms with van der Waals surface area (Å²) in [6, 6.07) is 20.0. The highest BCUT2D eigenvalue weighted by Crippen LogP contribution is 2.31. The van der Waals surface area contributed by atoms with E-state index in [1.807, 2.05) is 30.3 Å². The van der Waals surface area contributed by atoms with Gasteiger partial charge in [-0.15, -0.1) is 0 Å². The minimum atomic E-state index is -4.00. The molecule has 1 aliphatic heterocycles. The van der Waals surface area contributed by atoms with Crippen molar-refractivity contribution in [3.63, 3.8) is 0 Å². The highest BCUT2D eigenvalue weighted by Gasteiger charge is 2.34. The molecule has 4 nitrogen and oxygen atoms in total. The first-order valence-electron chi connectivity index (χ1n) is 9.86. The summed E-state index contributed by atoms with van der Waals surface area (Å²) in [7, 11) is -4.00. The lowest BCUT2D eigenvalue weighted by Crippen LogP contribution is -2.49. The standard InChI is InChI=1S/C23H21ClF2N2O2S/c24-20-7-4-8-21(22(20)26)31(29,30)28-15-13-27(14-16-28)23(17-5-2-1-3-6-17)18-9-11-19(25)12-10-18/h1-12,23H,13-16H2. The Kier molecular flexibility index (Phi) is 6.39. The summed E-state index contributed by atoms with van der Waals surface area (Å²) in [5.41, 5.74) is 1.95. The van der Waals surface area contributed by atoms with Crippen molar-refractivity contribution in [1.29, 1.82) is 0 Å². The molecule has 0 aromatic heterocycles. The Balaban J connectivity index is 1.58. The van der Waals surface area contributed by atoms with Gasteiger partial charge in [0.1, 0.15) is 10.7 Å². The van der Waals surface area contributed by atoms with Crippen molar-refractivity contribution in [2.75, 3.05) is 26.2 Å². The Hall–Kier alpha value is -2.32. The second-order valence-corrected chi connectivity index (χ2v) is 9.67. The quantitative estimate of drug-likeness (QED) is 0.551. The zero-order valence-electron chi connectivity index (χ0n) is 16.6. The molecule has 1 heterocycles. The maximum Gasteiger partial charge on any atom is 0.246 e. The molecule has 1 unspecified atom stereocenters. The number of sulfonamides is 1. The molecular formula is C23H21ClF2N2O2S. The molecule has 0 saturated carbocycles. The third-order valence-corrected chi connectivity index (χ3v) is 7.68. The molecule has 3 aromatic rings. The third kappa shape index (κ3) is 4.50. The minimum absolute atomic E-state index is 0.144. The predicted octanol–water partition coefficient (Wildman–Crippen LogP) is 4.71. The number of nitrogens with zero attached hydrogens (tertiary/aromatic N) is 2. The van der Waals surface area contributed by atoms with Gasteiger partial charge < -0.3 is 0 Å². The van der Waals surface area contributed by atoms with Crippen LogP contribution in [0.4, 0.5) is 8.78 Å². The van der Waals surface area contributed by atoms with E-state index in [-0.39, 0.29) is 30.0 Å². The molecule has 1 fully saturated rings. The summed E-state index contributed by atoms with van der Waals surface area (Å²) in [4.78, 5) is 1.75. The first-order chi connectivity index (χ1) is 14.9. The van der Waals surface area contributed by atoms with Gasteiger partial charge in [0.2, 0.25) is 10.0 Å². The van der Waals surface area contributed by atoms with Crippen LogP contribution in [0.25, 0.3) is 0 Å². The van der Waals surface area contributed by atoms with Gasteiger partial charge in [-0.3, -0.25) is 4.90 Å². The molecule has 162 valence electrons. The fourth-order valence-electron chi connectivity index (χ4n) is 3.92. The third-order valence-electron chi connectivity index (χ3n) is 5.47. The Bertz CT molecular complexity index is 1150. The van der Waals surface area contributed by atoms with Gasteiger partial charge >= 0.3 is 0 Å². The van der Waals surface area contributed by atoms with Crippen molar-refractivity contribution in [3.8, 4) is 0 Å². The van der Waals surface area contributed by atoms with Crippen molar-refractivity contribution in [3.05, 3.63) is 101 Å². The van der Waals surface area contributed by atoms with E-state index in [1.165, 1.54) is 34.6 Å². The monoisotopic (exact) mass is 462 g/mol. The topological polar surface area (TPSA) is 40.6 Å². The average Bonchev–Trinajstić information content (AvgIpc) is 2.78. The van der Waals surface area contributed by atoms with Crippen molar-refractivity contribution >= 4 is 21.6 Å². The lowest BCUT2D eigenvalue weighted by Gasteiger charge is -2.39. The van der Waals surface area contributed by atoms with Gasteiger partial charge in [-0.2, -0.15) is 4.31 Å². The van der Waals surface area contributed by atoms with Gasteiger partial charge in [-0.05, 0) is 35.4 Å². The molecule has 4 rings (SSSR count). The number of halogens is 3. The molecule has 0 bridgehead atoms. The minimum Gasteiger partial charge on any atom is -0.290 e. The second-order valence-electron chi connectivity index (χ2n) is 7.36. The Morgan fingerprint density at radius 2 is 1.39 bits per heavy atom. The van der Waals surface area contributed by atoms with Crippen LogP contribution in [-0.2, 0) is 10.0 Å². The van der Waals surface area contributed by atoms with Gasteiger partial charge in [0.05, 0.1) is 11.1 Å². The van der Waals surface area contributed by atoms with E-state index in [0.29, 0.717) is 13.1 Å². The predicted molar refractivity (Wildman–Crippen MR) is 116 cm³/mol. The Morgan fingerprint density at radius 1 is 0.774 bits per heavy atom. The van der Waals surface area contributed by atoms with Gasteiger partial charge in [0.25, 0.3) is 0 Å². The lowest BCUT2D eigenvalue weighted by atomic mass is 9.96. The molecule has 3 aromatic carbocycles. The number of piperazine rings is 1. The first kappa shape index (κ1) is 21.9. The van der Waals surface area contributed by atoms with Gasteiger partial charge in [0, 0.05) is 26.2 Å². The Labute approximate surface area is 185 Å². The summed E-state index contributed by atoms with van der Waals surface area (Å²) in [6.45, 7) is 1.30. The van der Waals surface area contributed by atoms with E-state index in [1.54, 1.807) is 12.1 Å². The smallest absolute Gasteiger partial charge is 0.246 e. The van der Waals surface area contributed by atoms with E-state index in [0.717, 1.165) is 11.1 Å². The van der Waals surface area contributed by atoms with Crippen LogP contribution in [0.1, 0.15) is 17.2 Å². The van der Waals surface area contributed by atoms with Crippen LogP contribution in [0.3, 0.4) is 0 Å². The van der Waals surface area contributed by atoms with Crippen molar-refractivity contribution < 1.29 is 17.2 Å². The molecule has 1 atom stereocenters. The van der Waals surface area contributed by atoms with E-state index in [4.69, 9.17) is 11.6 Å². The second kappa shape index (κ2) is 9.04. The molecule has 0 spiro atoms. The van der Waals surface area contributed by atoms with Crippen LogP contribution in [0.15, 0.2) is 77.7 Å². The van der Waals surface area contributed by atoms with Gasteiger partial charge in [-0.25, -0.2) is 17.2 Å². The number of hydrogen-bond acceptors (Lipinski definition) is 3. The fraction of sp³-hybridized carbons (Fsp3) is 0.217. The van der Waals surface area contributed by atoms with E-state index in [9.17, 15) is 17.2 Å². The van der Waals surface area contributed by atoms with E-state index >= 15 is 0 Å². The van der Waals surface area contributed by atoms with E-state index in [2.05, 4.69) is 4.90 Å². The maximum absolute atomic E-state index is 14.4. The van der Waals surface area contributed by atoms with Crippen LogP contribution in [0.2, 0.25) is 5.02 Å². The van der Waals surface area contributed by atoms with Crippen LogP contribution in [-0.4, -0.2) is 43.8 Å². The molecule has 0 aliphatic carbocycles. The molecule has 0 N–H and O–H groups in total. The van der Waals surface area contributed by atoms with Crippen LogP contribution < -0.4 is 0 Å². The number of hydrogen-bond donors (Lipinski definition) is 0. The Morgan fingerprint density at radius 3 is 2.03 bits per heavy atom. The lowest BCUT2D eigenvalue weighted by molar-refractivity contribution is 0.155. The summed E-state index contributed by atoms with van der Waals surface area (Å²) in [5, 5.41) is -0.222. The molecule has 1 saturated heterocycles. The molecule has 31 heavy (non-hydrogen) atoms. The number of benzene rings is 3. The van der Waals surface area contributed by atoms with Gasteiger partial charge in [0.15, 0.2) is 5.82 Å². The summed E-state index contributed by atoms with van der Waals surface area (Å²) in [6.07, 6.45) is 0. The van der Waals surface area contributed by atoms with E-state index < -0.39 is 20.7 Å². The normalized spacial score (nSPS) is 16.9. The highest BCUT2D eigenvalue weighted by atomic mass is 35.5. The molecule has 0 amide bonds. The molecular weight excluding hydrogens is 442 g/mol. The highest BCUT2D eigenvalue weighted by molar-refractivity contribution is 7.89. The summed E-state index contributed by atoms with van der Waals surface area (Å²) in [5.74, 6) is -1.24. The van der Waals surface area contributed by atoms with Gasteiger partial charge in [-0.1, -0.05) is 60.1 Å². The van der Waals surface area contributed by atoms with Crippen LogP contribution in [0.5, 0.6) is 0 Å². The maximum atomic E-state index is 14.4. The van der Waals surface area contributed by atoms with Crippen LogP contribution >= 0.6 is 11.6 Å². The summed E-state index contributed by atoms with van der Waals surface area (Å²) < 4.78 is 55.1. The zero-order chi connectivity index (χ0) is 22.0. The van der Waals surface area contributed by atoms with Crippen LogP contribution in [0, 0.1) is 11.6 Å². The average molecular weight is 463 g/mol. The number of rotatable bonds is 5. The van der Waals surface area contributed by atoms with Crippen molar-refractivity contribution in [1.82, 2.24) is 9.21 Å². The largest absolute Gasteiger partial charge is 0.290 e. The zero-order valence-corrected chi connectivity index (χ0v) is 18.2. The molecule has 0 radical (unpaired) electrons. The van der Waals surface area contributed by atoms with Crippen molar-refractivity contribution in [2.45, 2.75) is 10.9 Å². The molecule has 1 aliphatic rings. The fourth-order valence-corrected chi connectivity index (χ4v) is 5.66.